The molecule has 0 aliphatic carbocycles. The van der Waals surface area contributed by atoms with Gasteiger partial charge in [-0.2, -0.15) is 0 Å². The zero-order valence-corrected chi connectivity index (χ0v) is 19.1. The number of fused-ring (bicyclic) bond motifs is 2. The predicted octanol–water partition coefficient (Wildman–Crippen LogP) is 5.64. The second kappa shape index (κ2) is 9.79. The second-order valence-corrected chi connectivity index (χ2v) is 8.29. The molecular weight excluding hydrogens is 438 g/mol. The van der Waals surface area contributed by atoms with E-state index >= 15 is 0 Å². The van der Waals surface area contributed by atoms with Gasteiger partial charge in [0, 0.05) is 27.7 Å². The van der Waals surface area contributed by atoms with Gasteiger partial charge in [-0.15, -0.1) is 0 Å². The Morgan fingerprint density at radius 3 is 2.42 bits per heavy atom. The number of hydrogen-bond acceptors (Lipinski definition) is 5. The van der Waals surface area contributed by atoms with Gasteiger partial charge in [-0.25, -0.2) is 9.59 Å². The average Bonchev–Trinajstić information content (AvgIpc) is 2.93. The van der Waals surface area contributed by atoms with E-state index < -0.39 is 12.0 Å². The van der Waals surface area contributed by atoms with Crippen molar-refractivity contribution in [3.63, 3.8) is 0 Å². The highest BCUT2D eigenvalue weighted by Gasteiger charge is 2.26. The SMILES string of the molecule is CCOC(=O)c1cccc(NC(=O)Nc2ccc3c(c2)N(CC)C(=O)c2ccccc2S3)c1. The zero-order valence-electron chi connectivity index (χ0n) is 18.3. The summed E-state index contributed by atoms with van der Waals surface area (Å²) in [6, 6.07) is 19.1. The summed E-state index contributed by atoms with van der Waals surface area (Å²) in [5, 5.41) is 5.53. The van der Waals surface area contributed by atoms with Crippen LogP contribution in [0.3, 0.4) is 0 Å². The minimum Gasteiger partial charge on any atom is -0.462 e. The molecule has 3 aromatic carbocycles. The lowest BCUT2D eigenvalue weighted by atomic mass is 10.1. The Labute approximate surface area is 196 Å². The van der Waals surface area contributed by atoms with Crippen molar-refractivity contribution in [1.29, 1.82) is 0 Å². The Kier molecular flexibility index (Phi) is 6.65. The van der Waals surface area contributed by atoms with E-state index in [0.29, 0.717) is 29.0 Å². The molecule has 1 heterocycles. The minimum atomic E-state index is -0.463. The quantitative estimate of drug-likeness (QED) is 0.480. The highest BCUT2D eigenvalue weighted by atomic mass is 32.2. The normalized spacial score (nSPS) is 12.3. The molecule has 0 atom stereocenters. The Balaban J connectivity index is 1.53. The third-order valence-corrected chi connectivity index (χ3v) is 6.18. The van der Waals surface area contributed by atoms with E-state index in [2.05, 4.69) is 10.6 Å². The lowest BCUT2D eigenvalue weighted by molar-refractivity contribution is 0.0526. The molecule has 0 unspecified atom stereocenters. The van der Waals surface area contributed by atoms with Gasteiger partial charge in [0.05, 0.1) is 23.4 Å². The number of esters is 1. The van der Waals surface area contributed by atoms with Crippen LogP contribution in [-0.4, -0.2) is 31.1 Å². The first-order valence-corrected chi connectivity index (χ1v) is 11.4. The Morgan fingerprint density at radius 2 is 1.67 bits per heavy atom. The highest BCUT2D eigenvalue weighted by molar-refractivity contribution is 7.99. The largest absolute Gasteiger partial charge is 0.462 e. The van der Waals surface area contributed by atoms with Gasteiger partial charge in [0.25, 0.3) is 5.91 Å². The van der Waals surface area contributed by atoms with E-state index in [1.54, 1.807) is 48.2 Å². The Hall–Kier alpha value is -3.78. The Bertz CT molecular complexity index is 1230. The van der Waals surface area contributed by atoms with E-state index in [1.165, 1.54) is 11.8 Å². The standard InChI is InChI=1S/C25H23N3O4S/c1-3-28-20-15-18(12-13-22(20)33-21-11-6-5-10-19(21)23(28)29)27-25(31)26-17-9-7-8-16(14-17)24(30)32-4-2/h5-15H,3-4H2,1-2H3,(H2,26,27,31). The number of hydrogen-bond donors (Lipinski definition) is 2. The fraction of sp³-hybridized carbons (Fsp3) is 0.160. The van der Waals surface area contributed by atoms with Gasteiger partial charge in [-0.3, -0.25) is 4.79 Å². The van der Waals surface area contributed by atoms with Crippen LogP contribution in [0, 0.1) is 0 Å². The van der Waals surface area contributed by atoms with Gasteiger partial charge in [-0.1, -0.05) is 30.0 Å². The average molecular weight is 462 g/mol. The van der Waals surface area contributed by atoms with Crippen LogP contribution in [0.25, 0.3) is 0 Å². The molecule has 1 aliphatic rings. The third-order valence-electron chi connectivity index (χ3n) is 5.04. The van der Waals surface area contributed by atoms with Crippen molar-refractivity contribution >= 4 is 46.7 Å². The van der Waals surface area contributed by atoms with Gasteiger partial charge >= 0.3 is 12.0 Å². The van der Waals surface area contributed by atoms with Crippen LogP contribution in [0.4, 0.5) is 21.9 Å². The summed E-state index contributed by atoms with van der Waals surface area (Å²) in [6.07, 6.45) is 0. The van der Waals surface area contributed by atoms with Crippen LogP contribution >= 0.6 is 11.8 Å². The first-order chi connectivity index (χ1) is 16.0. The molecule has 0 saturated carbocycles. The molecule has 0 fully saturated rings. The first-order valence-electron chi connectivity index (χ1n) is 10.6. The van der Waals surface area contributed by atoms with Crippen LogP contribution in [-0.2, 0) is 4.74 Å². The van der Waals surface area contributed by atoms with Crippen molar-refractivity contribution < 1.29 is 19.1 Å². The van der Waals surface area contributed by atoms with Crippen molar-refractivity contribution in [2.24, 2.45) is 0 Å². The molecule has 7 nitrogen and oxygen atoms in total. The van der Waals surface area contributed by atoms with E-state index in [9.17, 15) is 14.4 Å². The topological polar surface area (TPSA) is 87.7 Å². The molecule has 1 aliphatic heterocycles. The third kappa shape index (κ3) is 4.85. The van der Waals surface area contributed by atoms with Crippen molar-refractivity contribution in [1.82, 2.24) is 0 Å². The summed E-state index contributed by atoms with van der Waals surface area (Å²) in [5.41, 5.74) is 2.77. The molecule has 0 aromatic heterocycles. The summed E-state index contributed by atoms with van der Waals surface area (Å²) in [6.45, 7) is 4.43. The number of amides is 3. The molecule has 0 spiro atoms. The summed E-state index contributed by atoms with van der Waals surface area (Å²) >= 11 is 1.53. The summed E-state index contributed by atoms with van der Waals surface area (Å²) in [7, 11) is 0. The number of ether oxygens (including phenoxy) is 1. The lowest BCUT2D eigenvalue weighted by Gasteiger charge is -2.22. The fourth-order valence-corrected chi connectivity index (χ4v) is 4.60. The monoisotopic (exact) mass is 461 g/mol. The number of carbonyl (C=O) groups is 3. The summed E-state index contributed by atoms with van der Waals surface area (Å²) in [4.78, 5) is 41.2. The van der Waals surface area contributed by atoms with Crippen LogP contribution in [0.1, 0.15) is 34.6 Å². The van der Waals surface area contributed by atoms with Crippen LogP contribution in [0.5, 0.6) is 0 Å². The molecule has 168 valence electrons. The van der Waals surface area contributed by atoms with Crippen LogP contribution < -0.4 is 15.5 Å². The number of anilines is 3. The minimum absolute atomic E-state index is 0.0725. The fourth-order valence-electron chi connectivity index (χ4n) is 3.54. The lowest BCUT2D eigenvalue weighted by Crippen LogP contribution is -2.30. The molecule has 33 heavy (non-hydrogen) atoms. The van der Waals surface area contributed by atoms with E-state index in [0.717, 1.165) is 15.5 Å². The van der Waals surface area contributed by atoms with E-state index in [1.807, 2.05) is 37.3 Å². The maximum absolute atomic E-state index is 13.1. The highest BCUT2D eigenvalue weighted by Crippen LogP contribution is 2.42. The van der Waals surface area contributed by atoms with Crippen molar-refractivity contribution in [2.45, 2.75) is 23.6 Å². The predicted molar refractivity (Wildman–Crippen MR) is 129 cm³/mol. The summed E-state index contributed by atoms with van der Waals surface area (Å²) in [5.74, 6) is -0.521. The van der Waals surface area contributed by atoms with Crippen molar-refractivity contribution in [3.05, 3.63) is 77.9 Å². The number of rotatable bonds is 5. The van der Waals surface area contributed by atoms with E-state index in [-0.39, 0.29) is 12.5 Å². The number of carbonyl (C=O) groups excluding carboxylic acids is 3. The van der Waals surface area contributed by atoms with Crippen molar-refractivity contribution in [3.8, 4) is 0 Å². The molecule has 0 bridgehead atoms. The molecule has 8 heteroatoms. The number of nitrogens with one attached hydrogen (secondary N) is 2. The molecule has 0 radical (unpaired) electrons. The number of urea groups is 1. The number of benzene rings is 3. The molecule has 3 amide bonds. The molecule has 2 N–H and O–H groups in total. The second-order valence-electron chi connectivity index (χ2n) is 7.21. The molecule has 4 rings (SSSR count). The van der Waals surface area contributed by atoms with Crippen LogP contribution in [0.15, 0.2) is 76.5 Å². The maximum atomic E-state index is 13.1. The first kappa shape index (κ1) is 22.4. The number of nitrogens with zero attached hydrogens (tertiary/aromatic N) is 1. The maximum Gasteiger partial charge on any atom is 0.338 e. The Morgan fingerprint density at radius 1 is 0.909 bits per heavy atom. The van der Waals surface area contributed by atoms with Gasteiger partial charge < -0.3 is 20.3 Å². The van der Waals surface area contributed by atoms with Crippen LogP contribution in [0.2, 0.25) is 0 Å². The van der Waals surface area contributed by atoms with E-state index in [4.69, 9.17) is 4.74 Å². The zero-order chi connectivity index (χ0) is 23.4. The molecule has 0 saturated heterocycles. The molecular formula is C25H23N3O4S. The van der Waals surface area contributed by atoms with Gasteiger partial charge in [-0.05, 0) is 62.4 Å². The van der Waals surface area contributed by atoms with Crippen molar-refractivity contribution in [2.75, 3.05) is 28.7 Å². The van der Waals surface area contributed by atoms with Gasteiger partial charge in [0.2, 0.25) is 0 Å². The summed E-state index contributed by atoms with van der Waals surface area (Å²) < 4.78 is 5.00. The van der Waals surface area contributed by atoms with Gasteiger partial charge in [0.15, 0.2) is 0 Å². The molecule has 3 aromatic rings. The smallest absolute Gasteiger partial charge is 0.338 e. The van der Waals surface area contributed by atoms with Gasteiger partial charge in [0.1, 0.15) is 0 Å².